The van der Waals surface area contributed by atoms with Crippen LogP contribution < -0.4 is 5.32 Å². The molecular formula is C55H99NO8. The molecule has 7 unspecified atom stereocenters. The highest BCUT2D eigenvalue weighted by molar-refractivity contribution is 5.76. The van der Waals surface area contributed by atoms with Crippen LogP contribution in [0.25, 0.3) is 0 Å². The molecule has 0 spiro atoms. The maximum atomic E-state index is 13.0. The van der Waals surface area contributed by atoms with Gasteiger partial charge in [-0.15, -0.1) is 0 Å². The number of carbonyl (C=O) groups excluding carboxylic acids is 1. The second-order valence-corrected chi connectivity index (χ2v) is 18.3. The molecule has 64 heavy (non-hydrogen) atoms. The van der Waals surface area contributed by atoms with Gasteiger partial charge in [-0.3, -0.25) is 4.79 Å². The average Bonchev–Trinajstić information content (AvgIpc) is 3.29. The fourth-order valence-electron chi connectivity index (χ4n) is 8.19. The summed E-state index contributed by atoms with van der Waals surface area (Å²) in [5, 5.41) is 54.5. The van der Waals surface area contributed by atoms with Crippen LogP contribution in [0.2, 0.25) is 0 Å². The lowest BCUT2D eigenvalue weighted by Gasteiger charge is -2.40. The van der Waals surface area contributed by atoms with Gasteiger partial charge in [0.05, 0.1) is 25.4 Å². The van der Waals surface area contributed by atoms with Crippen molar-refractivity contribution in [2.75, 3.05) is 13.2 Å². The first-order valence-corrected chi connectivity index (χ1v) is 26.5. The molecule has 0 aromatic heterocycles. The summed E-state index contributed by atoms with van der Waals surface area (Å²) in [7, 11) is 0. The fraction of sp³-hybridized carbons (Fsp3) is 0.800. The zero-order chi connectivity index (χ0) is 46.6. The Morgan fingerprint density at radius 2 is 0.969 bits per heavy atom. The van der Waals surface area contributed by atoms with Gasteiger partial charge in [-0.2, -0.15) is 0 Å². The van der Waals surface area contributed by atoms with E-state index in [-0.39, 0.29) is 12.5 Å². The molecule has 1 heterocycles. The van der Waals surface area contributed by atoms with E-state index in [1.807, 2.05) is 0 Å². The number of rotatable bonds is 44. The van der Waals surface area contributed by atoms with Crippen LogP contribution in [0.1, 0.15) is 226 Å². The normalized spacial score (nSPS) is 20.5. The van der Waals surface area contributed by atoms with E-state index < -0.39 is 49.5 Å². The summed E-state index contributed by atoms with van der Waals surface area (Å²) >= 11 is 0. The minimum Gasteiger partial charge on any atom is -0.394 e. The molecule has 0 aliphatic carbocycles. The van der Waals surface area contributed by atoms with E-state index in [2.05, 4.69) is 79.9 Å². The van der Waals surface area contributed by atoms with Crippen molar-refractivity contribution in [2.24, 2.45) is 0 Å². The van der Waals surface area contributed by atoms with Crippen molar-refractivity contribution in [3.05, 3.63) is 60.8 Å². The van der Waals surface area contributed by atoms with E-state index >= 15 is 0 Å². The van der Waals surface area contributed by atoms with Crippen molar-refractivity contribution in [1.82, 2.24) is 5.32 Å². The monoisotopic (exact) mass is 902 g/mol. The van der Waals surface area contributed by atoms with E-state index in [1.54, 1.807) is 0 Å². The minimum atomic E-state index is -1.55. The smallest absolute Gasteiger partial charge is 0.220 e. The topological polar surface area (TPSA) is 149 Å². The number of aliphatic hydroxyl groups excluding tert-OH is 5. The third-order valence-corrected chi connectivity index (χ3v) is 12.4. The Kier molecular flexibility index (Phi) is 41.9. The summed E-state index contributed by atoms with van der Waals surface area (Å²) in [5.41, 5.74) is 0. The van der Waals surface area contributed by atoms with Gasteiger partial charge in [0.1, 0.15) is 24.4 Å². The predicted molar refractivity (Wildman–Crippen MR) is 267 cm³/mol. The number of allylic oxidation sites excluding steroid dienone is 10. The molecule has 9 nitrogen and oxygen atoms in total. The molecule has 1 amide bonds. The van der Waals surface area contributed by atoms with Gasteiger partial charge < -0.3 is 40.3 Å². The van der Waals surface area contributed by atoms with Crippen molar-refractivity contribution >= 4 is 5.91 Å². The third kappa shape index (κ3) is 34.2. The van der Waals surface area contributed by atoms with Gasteiger partial charge in [0, 0.05) is 6.42 Å². The van der Waals surface area contributed by atoms with Crippen LogP contribution in [0.3, 0.4) is 0 Å². The average molecular weight is 902 g/mol. The standard InChI is InChI=1S/C55H99NO8/c1-3-5-7-9-11-13-15-17-19-20-21-22-23-24-25-26-27-28-29-30-31-33-35-37-39-41-43-45-51(59)56-48(47-63-55-54(62)53(61)52(60)50(46-57)64-55)49(58)44-42-40-38-36-34-32-18-16-14-12-10-8-6-4-2/h5,7,11,13,17,19,21-22,24-25,48-50,52-55,57-58,60-62H,3-4,6,8-10,12,14-16,18,20,23,26-47H2,1-2H3,(H,56,59)/b7-5-,13-11-,19-17-,22-21-,25-24-. The summed E-state index contributed by atoms with van der Waals surface area (Å²) < 4.78 is 11.3. The van der Waals surface area contributed by atoms with Crippen molar-refractivity contribution in [3.63, 3.8) is 0 Å². The van der Waals surface area contributed by atoms with Gasteiger partial charge in [0.25, 0.3) is 0 Å². The SMILES string of the molecule is CC/C=C\C/C=C\C/C=C\C/C=C\C/C=C\CCCCCCCCCCCCCC(=O)NC(COC1OC(CO)C(O)C(O)C1O)C(O)CCCCCCCCCCCCCCCC. The molecule has 372 valence electrons. The molecule has 0 aromatic rings. The zero-order valence-electron chi connectivity index (χ0n) is 41.0. The number of hydrogen-bond acceptors (Lipinski definition) is 8. The Bertz CT molecular complexity index is 1180. The first-order chi connectivity index (χ1) is 31.3. The maximum Gasteiger partial charge on any atom is 0.220 e. The molecule has 1 saturated heterocycles. The summed E-state index contributed by atoms with van der Waals surface area (Å²) in [5.74, 6) is -0.149. The van der Waals surface area contributed by atoms with Crippen LogP contribution in [-0.4, -0.2) is 87.5 Å². The lowest BCUT2D eigenvalue weighted by Crippen LogP contribution is -2.60. The Balaban J connectivity index is 2.21. The number of unbranched alkanes of at least 4 members (excludes halogenated alkanes) is 24. The van der Waals surface area contributed by atoms with Gasteiger partial charge in [0.15, 0.2) is 6.29 Å². The van der Waals surface area contributed by atoms with Crippen LogP contribution in [0.5, 0.6) is 0 Å². The van der Waals surface area contributed by atoms with Gasteiger partial charge in [-0.05, 0) is 57.8 Å². The second kappa shape index (κ2) is 44.7. The highest BCUT2D eigenvalue weighted by Gasteiger charge is 2.44. The zero-order valence-corrected chi connectivity index (χ0v) is 41.0. The number of ether oxygens (including phenoxy) is 2. The number of carbonyl (C=O) groups is 1. The lowest BCUT2D eigenvalue weighted by molar-refractivity contribution is -0.302. The molecule has 1 aliphatic rings. The Labute approximate surface area is 392 Å². The van der Waals surface area contributed by atoms with Gasteiger partial charge in [-0.1, -0.05) is 222 Å². The second-order valence-electron chi connectivity index (χ2n) is 18.3. The van der Waals surface area contributed by atoms with Crippen molar-refractivity contribution < 1.29 is 39.8 Å². The van der Waals surface area contributed by atoms with E-state index in [9.17, 15) is 30.3 Å². The fourth-order valence-corrected chi connectivity index (χ4v) is 8.19. The Morgan fingerprint density at radius 3 is 1.44 bits per heavy atom. The van der Waals surface area contributed by atoms with Crippen LogP contribution in [0.15, 0.2) is 60.8 Å². The molecule has 0 bridgehead atoms. The largest absolute Gasteiger partial charge is 0.394 e. The quantitative estimate of drug-likeness (QED) is 0.0262. The number of aliphatic hydroxyl groups is 5. The van der Waals surface area contributed by atoms with E-state index in [1.165, 1.54) is 128 Å². The van der Waals surface area contributed by atoms with Gasteiger partial charge in [0.2, 0.25) is 5.91 Å². The summed E-state index contributed by atoms with van der Waals surface area (Å²) in [6, 6.07) is -0.722. The minimum absolute atomic E-state index is 0.140. The molecular weight excluding hydrogens is 803 g/mol. The van der Waals surface area contributed by atoms with Gasteiger partial charge >= 0.3 is 0 Å². The summed E-state index contributed by atoms with van der Waals surface area (Å²) in [6.45, 7) is 3.72. The van der Waals surface area contributed by atoms with E-state index in [0.29, 0.717) is 12.8 Å². The number of nitrogens with one attached hydrogen (secondary N) is 1. The maximum absolute atomic E-state index is 13.0. The Morgan fingerprint density at radius 1 is 0.547 bits per heavy atom. The molecule has 1 fully saturated rings. The third-order valence-electron chi connectivity index (χ3n) is 12.4. The summed E-state index contributed by atoms with van der Waals surface area (Å²) in [6.07, 6.45) is 52.3. The van der Waals surface area contributed by atoms with Crippen LogP contribution in [-0.2, 0) is 14.3 Å². The molecule has 0 radical (unpaired) electrons. The Hall–Kier alpha value is -2.11. The first-order valence-electron chi connectivity index (χ1n) is 26.5. The number of hydrogen-bond donors (Lipinski definition) is 6. The molecule has 1 rings (SSSR count). The number of amides is 1. The molecule has 0 saturated carbocycles. The van der Waals surface area contributed by atoms with E-state index in [4.69, 9.17) is 9.47 Å². The highest BCUT2D eigenvalue weighted by atomic mass is 16.7. The summed E-state index contributed by atoms with van der Waals surface area (Å²) in [4.78, 5) is 13.0. The van der Waals surface area contributed by atoms with Crippen LogP contribution >= 0.6 is 0 Å². The van der Waals surface area contributed by atoms with Crippen molar-refractivity contribution in [3.8, 4) is 0 Å². The molecule has 0 aromatic carbocycles. The molecule has 7 atom stereocenters. The first kappa shape index (κ1) is 59.9. The van der Waals surface area contributed by atoms with E-state index in [0.717, 1.165) is 70.6 Å². The van der Waals surface area contributed by atoms with Crippen LogP contribution in [0.4, 0.5) is 0 Å². The molecule has 1 aliphatic heterocycles. The van der Waals surface area contributed by atoms with Crippen molar-refractivity contribution in [1.29, 1.82) is 0 Å². The predicted octanol–water partition coefficient (Wildman–Crippen LogP) is 12.3. The van der Waals surface area contributed by atoms with Crippen molar-refractivity contribution in [2.45, 2.75) is 269 Å². The highest BCUT2D eigenvalue weighted by Crippen LogP contribution is 2.23. The molecule has 6 N–H and O–H groups in total. The lowest BCUT2D eigenvalue weighted by atomic mass is 9.99. The molecule has 9 heteroatoms. The van der Waals surface area contributed by atoms with Crippen LogP contribution in [0, 0.1) is 0 Å². The van der Waals surface area contributed by atoms with Gasteiger partial charge in [-0.25, -0.2) is 0 Å².